The van der Waals surface area contributed by atoms with Crippen LogP contribution in [-0.2, 0) is 9.84 Å². The first-order valence-electron chi connectivity index (χ1n) is 5.60. The monoisotopic (exact) mass is 253 g/mol. The molecule has 1 fully saturated rings. The molecule has 0 bridgehead atoms. The molecule has 3 nitrogen and oxygen atoms in total. The fourth-order valence-electron chi connectivity index (χ4n) is 1.81. The van der Waals surface area contributed by atoms with E-state index in [-0.39, 0.29) is 5.38 Å². The Balaban J connectivity index is 2.25. The van der Waals surface area contributed by atoms with Gasteiger partial charge in [0, 0.05) is 17.7 Å². The summed E-state index contributed by atoms with van der Waals surface area (Å²) >= 11 is 5.98. The van der Waals surface area contributed by atoms with Crippen molar-refractivity contribution in [2.75, 3.05) is 31.1 Å². The molecule has 0 spiro atoms. The van der Waals surface area contributed by atoms with E-state index in [0.717, 1.165) is 25.9 Å². The van der Waals surface area contributed by atoms with Crippen LogP contribution in [0.4, 0.5) is 0 Å². The van der Waals surface area contributed by atoms with Gasteiger partial charge in [-0.2, -0.15) is 0 Å². The second kappa shape index (κ2) is 6.06. The highest BCUT2D eigenvalue weighted by molar-refractivity contribution is 7.91. The quantitative estimate of drug-likeness (QED) is 0.697. The van der Waals surface area contributed by atoms with E-state index >= 15 is 0 Å². The van der Waals surface area contributed by atoms with Crippen LogP contribution in [0.15, 0.2) is 0 Å². The molecular formula is C10H20ClNO2S. The van der Waals surface area contributed by atoms with Crippen molar-refractivity contribution in [3.63, 3.8) is 0 Å². The molecule has 0 amide bonds. The smallest absolute Gasteiger partial charge is 0.151 e. The summed E-state index contributed by atoms with van der Waals surface area (Å²) in [6.45, 7) is 4.45. The Bertz CT molecular complexity index is 271. The molecule has 0 aliphatic carbocycles. The molecule has 0 aromatic carbocycles. The second-order valence-corrected chi connectivity index (χ2v) is 7.09. The third-order valence-electron chi connectivity index (χ3n) is 2.75. The van der Waals surface area contributed by atoms with Crippen LogP contribution < -0.4 is 0 Å². The molecule has 15 heavy (non-hydrogen) atoms. The van der Waals surface area contributed by atoms with E-state index in [1.165, 1.54) is 0 Å². The number of hydrogen-bond donors (Lipinski definition) is 0. The predicted octanol–water partition coefficient (Wildman–Crippen LogP) is 1.51. The molecule has 5 heteroatoms. The van der Waals surface area contributed by atoms with Gasteiger partial charge in [-0.15, -0.1) is 11.6 Å². The van der Waals surface area contributed by atoms with Gasteiger partial charge in [0.15, 0.2) is 9.84 Å². The van der Waals surface area contributed by atoms with Crippen LogP contribution in [0.5, 0.6) is 0 Å². The molecule has 1 aliphatic rings. The molecule has 0 saturated carbocycles. The summed E-state index contributed by atoms with van der Waals surface area (Å²) in [7, 11) is -2.82. The lowest BCUT2D eigenvalue weighted by Crippen LogP contribution is -2.37. The first kappa shape index (κ1) is 13.3. The summed E-state index contributed by atoms with van der Waals surface area (Å²) in [6, 6.07) is 0. The Labute approximate surface area is 97.7 Å². The number of piperidine rings is 1. The first-order chi connectivity index (χ1) is 7.03. The van der Waals surface area contributed by atoms with E-state index in [1.807, 2.05) is 6.92 Å². The molecule has 0 N–H and O–H groups in total. The lowest BCUT2D eigenvalue weighted by Gasteiger charge is -2.28. The number of halogens is 1. The second-order valence-electron chi connectivity index (χ2n) is 4.17. The fourth-order valence-corrected chi connectivity index (χ4v) is 3.36. The highest BCUT2D eigenvalue weighted by Crippen LogP contribution is 2.15. The number of sulfone groups is 1. The lowest BCUT2D eigenvalue weighted by molar-refractivity contribution is 0.243. The zero-order chi connectivity index (χ0) is 11.3. The van der Waals surface area contributed by atoms with Gasteiger partial charge < -0.3 is 4.90 Å². The molecule has 1 rings (SSSR count). The van der Waals surface area contributed by atoms with Crippen molar-refractivity contribution < 1.29 is 8.42 Å². The van der Waals surface area contributed by atoms with Crippen LogP contribution in [0, 0.1) is 0 Å². The number of nitrogens with zero attached hydrogens (tertiary/aromatic N) is 1. The average molecular weight is 254 g/mol. The van der Waals surface area contributed by atoms with Crippen molar-refractivity contribution in [2.45, 2.75) is 31.6 Å². The zero-order valence-electron chi connectivity index (χ0n) is 9.28. The molecule has 0 atom stereocenters. The average Bonchev–Trinajstić information content (AvgIpc) is 2.17. The Morgan fingerprint density at radius 1 is 1.27 bits per heavy atom. The topological polar surface area (TPSA) is 37.4 Å². The van der Waals surface area contributed by atoms with Gasteiger partial charge in [0.25, 0.3) is 0 Å². The fraction of sp³-hybridized carbons (Fsp3) is 1.00. The molecule has 1 saturated heterocycles. The van der Waals surface area contributed by atoms with E-state index in [1.54, 1.807) is 0 Å². The highest BCUT2D eigenvalue weighted by atomic mass is 35.5. The molecule has 0 aromatic rings. The third kappa shape index (κ3) is 5.18. The summed E-state index contributed by atoms with van der Waals surface area (Å²) in [4.78, 5) is 2.20. The van der Waals surface area contributed by atoms with E-state index in [2.05, 4.69) is 4.90 Å². The SMILES string of the molecule is CCCS(=O)(=O)CCN1CCC(Cl)CC1. The van der Waals surface area contributed by atoms with Crippen LogP contribution in [0.3, 0.4) is 0 Å². The Morgan fingerprint density at radius 3 is 2.40 bits per heavy atom. The molecule has 0 radical (unpaired) electrons. The van der Waals surface area contributed by atoms with Gasteiger partial charge in [0.2, 0.25) is 0 Å². The van der Waals surface area contributed by atoms with Crippen LogP contribution in [0.1, 0.15) is 26.2 Å². The van der Waals surface area contributed by atoms with Gasteiger partial charge in [0.1, 0.15) is 0 Å². The van der Waals surface area contributed by atoms with E-state index < -0.39 is 9.84 Å². The number of hydrogen-bond acceptors (Lipinski definition) is 3. The molecule has 1 heterocycles. The van der Waals surface area contributed by atoms with Crippen molar-refractivity contribution in [3.05, 3.63) is 0 Å². The lowest BCUT2D eigenvalue weighted by atomic mass is 10.1. The van der Waals surface area contributed by atoms with Crippen molar-refractivity contribution in [1.82, 2.24) is 4.90 Å². The van der Waals surface area contributed by atoms with Gasteiger partial charge >= 0.3 is 0 Å². The maximum Gasteiger partial charge on any atom is 0.151 e. The van der Waals surface area contributed by atoms with Gasteiger partial charge in [-0.1, -0.05) is 6.92 Å². The van der Waals surface area contributed by atoms with Crippen molar-refractivity contribution in [1.29, 1.82) is 0 Å². The van der Waals surface area contributed by atoms with E-state index in [9.17, 15) is 8.42 Å². The molecule has 0 unspecified atom stereocenters. The minimum Gasteiger partial charge on any atom is -0.302 e. The summed E-state index contributed by atoms with van der Waals surface area (Å²) in [6.07, 6.45) is 2.68. The standard InChI is InChI=1S/C10H20ClNO2S/c1-2-8-15(13,14)9-7-12-5-3-10(11)4-6-12/h10H,2-9H2,1H3. The zero-order valence-corrected chi connectivity index (χ0v) is 10.9. The maximum absolute atomic E-state index is 11.5. The number of rotatable bonds is 5. The summed E-state index contributed by atoms with van der Waals surface area (Å²) in [5.74, 6) is 0.618. The minimum absolute atomic E-state index is 0.286. The van der Waals surface area contributed by atoms with Gasteiger partial charge in [0.05, 0.1) is 5.75 Å². The van der Waals surface area contributed by atoms with Crippen molar-refractivity contribution >= 4 is 21.4 Å². The maximum atomic E-state index is 11.5. The van der Waals surface area contributed by atoms with Gasteiger partial charge in [-0.25, -0.2) is 8.42 Å². The number of likely N-dealkylation sites (tertiary alicyclic amines) is 1. The summed E-state index contributed by atoms with van der Waals surface area (Å²) in [5, 5.41) is 0.286. The Hall–Kier alpha value is 0.200. The van der Waals surface area contributed by atoms with Crippen LogP contribution >= 0.6 is 11.6 Å². The van der Waals surface area contributed by atoms with Gasteiger partial charge in [-0.3, -0.25) is 0 Å². The molecule has 0 aromatic heterocycles. The van der Waals surface area contributed by atoms with E-state index in [4.69, 9.17) is 11.6 Å². The molecule has 1 aliphatic heterocycles. The summed E-state index contributed by atoms with van der Waals surface area (Å²) < 4.78 is 23.0. The van der Waals surface area contributed by atoms with Crippen molar-refractivity contribution in [3.8, 4) is 0 Å². The van der Waals surface area contributed by atoms with E-state index in [0.29, 0.717) is 24.5 Å². The highest BCUT2D eigenvalue weighted by Gasteiger charge is 2.18. The van der Waals surface area contributed by atoms with Crippen LogP contribution in [0.2, 0.25) is 0 Å². The van der Waals surface area contributed by atoms with Crippen LogP contribution in [-0.4, -0.2) is 49.8 Å². The first-order valence-corrected chi connectivity index (χ1v) is 7.86. The van der Waals surface area contributed by atoms with Crippen LogP contribution in [0.25, 0.3) is 0 Å². The number of alkyl halides is 1. The predicted molar refractivity (Wildman–Crippen MR) is 64.3 cm³/mol. The molecule has 90 valence electrons. The largest absolute Gasteiger partial charge is 0.302 e. The Kier molecular flexibility index (Phi) is 5.36. The van der Waals surface area contributed by atoms with Crippen molar-refractivity contribution in [2.24, 2.45) is 0 Å². The van der Waals surface area contributed by atoms with Gasteiger partial charge in [-0.05, 0) is 32.4 Å². The normalized spacial score (nSPS) is 20.7. The summed E-state index contributed by atoms with van der Waals surface area (Å²) in [5.41, 5.74) is 0. The minimum atomic E-state index is -2.82. The molecular weight excluding hydrogens is 234 g/mol. The third-order valence-corrected chi connectivity index (χ3v) is 5.02. The Morgan fingerprint density at radius 2 is 1.87 bits per heavy atom.